The number of aromatic amines is 1. The van der Waals surface area contributed by atoms with E-state index < -0.39 is 12.0 Å². The van der Waals surface area contributed by atoms with Crippen molar-refractivity contribution in [3.8, 4) is 0 Å². The number of aromatic nitrogens is 1. The maximum absolute atomic E-state index is 12.8. The highest BCUT2D eigenvalue weighted by Crippen LogP contribution is 2.26. The molecule has 2 N–H and O–H groups in total. The molecule has 1 aliphatic rings. The molecule has 1 fully saturated rings. The van der Waals surface area contributed by atoms with Crippen LogP contribution in [-0.2, 0) is 14.3 Å². The largest absolute Gasteiger partial charge is 0.465 e. The van der Waals surface area contributed by atoms with Crippen LogP contribution in [0.15, 0.2) is 54.7 Å². The topological polar surface area (TPSA) is 91.5 Å². The maximum atomic E-state index is 12.8. The molecule has 3 aromatic rings. The molecule has 0 spiro atoms. The van der Waals surface area contributed by atoms with Gasteiger partial charge in [-0.15, -0.1) is 0 Å². The number of rotatable bonds is 4. The van der Waals surface area contributed by atoms with Gasteiger partial charge in [0, 0.05) is 17.4 Å². The SMILES string of the molecule is COC(=O)c1ccc(N2C(=O)C[C@@H](Nc3ccc4cc[nH]c4c3)C2=O)cc1. The zero-order valence-corrected chi connectivity index (χ0v) is 14.6. The minimum absolute atomic E-state index is 0.0698. The summed E-state index contributed by atoms with van der Waals surface area (Å²) in [4.78, 5) is 40.9. The molecule has 0 saturated carbocycles. The molecule has 1 aromatic heterocycles. The summed E-state index contributed by atoms with van der Waals surface area (Å²) in [6.45, 7) is 0. The first-order valence-electron chi connectivity index (χ1n) is 8.45. The van der Waals surface area contributed by atoms with Gasteiger partial charge in [0.1, 0.15) is 6.04 Å². The molecular formula is C20H17N3O4. The van der Waals surface area contributed by atoms with E-state index in [4.69, 9.17) is 0 Å². The molecule has 2 aromatic carbocycles. The number of nitrogens with zero attached hydrogens (tertiary/aromatic N) is 1. The van der Waals surface area contributed by atoms with Gasteiger partial charge < -0.3 is 15.0 Å². The lowest BCUT2D eigenvalue weighted by molar-refractivity contribution is -0.121. The Labute approximate surface area is 154 Å². The van der Waals surface area contributed by atoms with E-state index in [1.54, 1.807) is 12.1 Å². The lowest BCUT2D eigenvalue weighted by Gasteiger charge is -2.16. The summed E-state index contributed by atoms with van der Waals surface area (Å²) in [7, 11) is 1.30. The van der Waals surface area contributed by atoms with Gasteiger partial charge >= 0.3 is 5.97 Å². The summed E-state index contributed by atoms with van der Waals surface area (Å²) >= 11 is 0. The van der Waals surface area contributed by atoms with Crippen molar-refractivity contribution in [1.29, 1.82) is 0 Å². The van der Waals surface area contributed by atoms with E-state index in [9.17, 15) is 14.4 Å². The molecule has 2 heterocycles. The zero-order valence-electron chi connectivity index (χ0n) is 14.6. The van der Waals surface area contributed by atoms with Crippen LogP contribution in [-0.4, -0.2) is 35.9 Å². The third-order valence-corrected chi connectivity index (χ3v) is 4.59. The molecule has 1 atom stereocenters. The Balaban J connectivity index is 1.53. The minimum atomic E-state index is -0.634. The molecule has 136 valence electrons. The number of esters is 1. The zero-order chi connectivity index (χ0) is 19.0. The van der Waals surface area contributed by atoms with E-state index in [0.717, 1.165) is 21.5 Å². The molecule has 0 radical (unpaired) electrons. The normalized spacial score (nSPS) is 16.8. The van der Waals surface area contributed by atoms with Crippen LogP contribution in [0.25, 0.3) is 10.9 Å². The molecule has 1 saturated heterocycles. The summed E-state index contributed by atoms with van der Waals surface area (Å²) in [6.07, 6.45) is 1.92. The number of carbonyl (C=O) groups excluding carboxylic acids is 3. The van der Waals surface area contributed by atoms with Crippen molar-refractivity contribution >= 4 is 40.1 Å². The molecule has 7 nitrogen and oxygen atoms in total. The predicted octanol–water partition coefficient (Wildman–Crippen LogP) is 2.70. The van der Waals surface area contributed by atoms with E-state index in [0.29, 0.717) is 11.3 Å². The van der Waals surface area contributed by atoms with Gasteiger partial charge in [0.2, 0.25) is 5.91 Å². The van der Waals surface area contributed by atoms with Gasteiger partial charge in [-0.2, -0.15) is 0 Å². The molecular weight excluding hydrogens is 346 g/mol. The standard InChI is InChI=1S/C20H17N3O4/c1-27-20(26)13-3-6-15(7-4-13)23-18(24)11-17(19(23)25)22-14-5-2-12-8-9-21-16(12)10-14/h2-10,17,21-22H,11H2,1H3/t17-/m1/s1. The van der Waals surface area contributed by atoms with Crippen LogP contribution in [0, 0.1) is 0 Å². The fourth-order valence-corrected chi connectivity index (χ4v) is 3.22. The molecule has 27 heavy (non-hydrogen) atoms. The number of nitrogens with one attached hydrogen (secondary N) is 2. The van der Waals surface area contributed by atoms with Crippen LogP contribution in [0.3, 0.4) is 0 Å². The van der Waals surface area contributed by atoms with Crippen molar-refractivity contribution in [2.45, 2.75) is 12.5 Å². The first kappa shape index (κ1) is 16.8. The Hall–Kier alpha value is -3.61. The lowest BCUT2D eigenvalue weighted by atomic mass is 10.2. The highest BCUT2D eigenvalue weighted by atomic mass is 16.5. The third-order valence-electron chi connectivity index (χ3n) is 4.59. The Bertz CT molecular complexity index is 1040. The molecule has 0 bridgehead atoms. The van der Waals surface area contributed by atoms with Gasteiger partial charge in [0.05, 0.1) is 24.8 Å². The van der Waals surface area contributed by atoms with Gasteiger partial charge in [0.25, 0.3) is 5.91 Å². The van der Waals surface area contributed by atoms with Crippen LogP contribution in [0.5, 0.6) is 0 Å². The van der Waals surface area contributed by atoms with Crippen molar-refractivity contribution in [3.05, 3.63) is 60.3 Å². The fourth-order valence-electron chi connectivity index (χ4n) is 3.22. The smallest absolute Gasteiger partial charge is 0.337 e. The van der Waals surface area contributed by atoms with Gasteiger partial charge in [0.15, 0.2) is 0 Å². The van der Waals surface area contributed by atoms with Gasteiger partial charge in [-0.1, -0.05) is 6.07 Å². The Kier molecular flexibility index (Phi) is 4.12. The lowest BCUT2D eigenvalue weighted by Crippen LogP contribution is -2.34. The number of anilines is 2. The molecule has 2 amide bonds. The first-order valence-corrected chi connectivity index (χ1v) is 8.45. The summed E-state index contributed by atoms with van der Waals surface area (Å²) < 4.78 is 4.65. The third kappa shape index (κ3) is 3.03. The van der Waals surface area contributed by atoms with E-state index in [1.165, 1.54) is 19.2 Å². The van der Waals surface area contributed by atoms with Crippen LogP contribution in [0.1, 0.15) is 16.8 Å². The summed E-state index contributed by atoms with van der Waals surface area (Å²) in [6, 6.07) is 13.2. The summed E-state index contributed by atoms with van der Waals surface area (Å²) in [5, 5.41) is 4.21. The molecule has 0 aliphatic carbocycles. The number of H-pyrrole nitrogens is 1. The number of hydrogen-bond donors (Lipinski definition) is 2. The molecule has 4 rings (SSSR count). The van der Waals surface area contributed by atoms with E-state index >= 15 is 0 Å². The number of imide groups is 1. The average molecular weight is 363 g/mol. The van der Waals surface area contributed by atoms with Crippen LogP contribution < -0.4 is 10.2 Å². The van der Waals surface area contributed by atoms with Gasteiger partial charge in [-0.05, 0) is 47.9 Å². The van der Waals surface area contributed by atoms with Crippen LogP contribution in [0.2, 0.25) is 0 Å². The van der Waals surface area contributed by atoms with E-state index in [-0.39, 0.29) is 18.2 Å². The number of amides is 2. The van der Waals surface area contributed by atoms with Crippen LogP contribution in [0.4, 0.5) is 11.4 Å². The fraction of sp³-hybridized carbons (Fsp3) is 0.150. The maximum Gasteiger partial charge on any atom is 0.337 e. The second-order valence-electron chi connectivity index (χ2n) is 6.29. The van der Waals surface area contributed by atoms with Crippen LogP contribution >= 0.6 is 0 Å². The van der Waals surface area contributed by atoms with E-state index in [1.807, 2.05) is 30.5 Å². The molecule has 7 heteroatoms. The number of fused-ring (bicyclic) bond motifs is 1. The first-order chi connectivity index (χ1) is 13.1. The quantitative estimate of drug-likeness (QED) is 0.549. The highest BCUT2D eigenvalue weighted by molar-refractivity contribution is 6.23. The average Bonchev–Trinajstić information content (AvgIpc) is 3.25. The van der Waals surface area contributed by atoms with Crippen molar-refractivity contribution in [1.82, 2.24) is 4.98 Å². The summed E-state index contributed by atoms with van der Waals surface area (Å²) in [5.41, 5.74) is 2.50. The molecule has 0 unspecified atom stereocenters. The van der Waals surface area contributed by atoms with Gasteiger partial charge in [-0.25, -0.2) is 9.69 Å². The second-order valence-corrected chi connectivity index (χ2v) is 6.29. The second kappa shape index (κ2) is 6.60. The van der Waals surface area contributed by atoms with Crippen molar-refractivity contribution < 1.29 is 19.1 Å². The highest BCUT2D eigenvalue weighted by Gasteiger charge is 2.39. The van der Waals surface area contributed by atoms with Crippen molar-refractivity contribution in [2.24, 2.45) is 0 Å². The number of benzene rings is 2. The number of methoxy groups -OCH3 is 1. The van der Waals surface area contributed by atoms with Crippen molar-refractivity contribution in [2.75, 3.05) is 17.3 Å². The Morgan fingerprint density at radius 1 is 1.15 bits per heavy atom. The Morgan fingerprint density at radius 2 is 1.93 bits per heavy atom. The monoisotopic (exact) mass is 363 g/mol. The predicted molar refractivity (Wildman–Crippen MR) is 101 cm³/mol. The number of hydrogen-bond acceptors (Lipinski definition) is 5. The van der Waals surface area contributed by atoms with Crippen molar-refractivity contribution in [3.63, 3.8) is 0 Å². The Morgan fingerprint density at radius 3 is 2.67 bits per heavy atom. The number of carbonyl (C=O) groups is 3. The number of ether oxygens (including phenoxy) is 1. The molecule has 1 aliphatic heterocycles. The van der Waals surface area contributed by atoms with Gasteiger partial charge in [-0.3, -0.25) is 9.59 Å². The van der Waals surface area contributed by atoms with E-state index in [2.05, 4.69) is 15.0 Å². The minimum Gasteiger partial charge on any atom is -0.465 e. The summed E-state index contributed by atoms with van der Waals surface area (Å²) in [5.74, 6) is -1.08.